The number of benzene rings is 1. The van der Waals surface area contributed by atoms with Crippen LogP contribution < -0.4 is 10.6 Å². The van der Waals surface area contributed by atoms with Gasteiger partial charge in [0.05, 0.1) is 0 Å². The molecule has 3 nitrogen and oxygen atoms in total. The van der Waals surface area contributed by atoms with Crippen molar-refractivity contribution in [1.82, 2.24) is 10.6 Å². The van der Waals surface area contributed by atoms with Crippen molar-refractivity contribution < 1.29 is 0 Å². The van der Waals surface area contributed by atoms with Gasteiger partial charge in [0.2, 0.25) is 0 Å². The van der Waals surface area contributed by atoms with Crippen molar-refractivity contribution in [2.75, 3.05) is 26.4 Å². The van der Waals surface area contributed by atoms with Crippen LogP contribution in [0.4, 0.5) is 0 Å². The third kappa shape index (κ3) is 3.78. The van der Waals surface area contributed by atoms with E-state index in [1.165, 1.54) is 23.3 Å². The Morgan fingerprint density at radius 1 is 1.44 bits per heavy atom. The quantitative estimate of drug-likeness (QED) is 0.472. The van der Waals surface area contributed by atoms with Gasteiger partial charge in [-0.2, -0.15) is 11.8 Å². The standard InChI is InChI=1S/C13H19N3S.HI/c1-14-13(15-2)16-9-12-11-6-4-3-5-10(11)7-8-17-12;/h3-6,12H,7-9H2,1-2H3,(H2,14,15,16);1H. The fourth-order valence-electron chi connectivity index (χ4n) is 2.11. The number of halogens is 1. The highest BCUT2D eigenvalue weighted by molar-refractivity contribution is 14.0. The van der Waals surface area contributed by atoms with Crippen molar-refractivity contribution in [2.24, 2.45) is 4.99 Å². The van der Waals surface area contributed by atoms with Crippen molar-refractivity contribution in [1.29, 1.82) is 0 Å². The van der Waals surface area contributed by atoms with E-state index in [-0.39, 0.29) is 24.0 Å². The molecule has 1 aliphatic heterocycles. The molecule has 0 amide bonds. The number of hydrogen-bond donors (Lipinski definition) is 2. The Balaban J connectivity index is 0.00000162. The van der Waals surface area contributed by atoms with Gasteiger partial charge < -0.3 is 10.6 Å². The summed E-state index contributed by atoms with van der Waals surface area (Å²) < 4.78 is 0. The number of fused-ring (bicyclic) bond motifs is 1. The fourth-order valence-corrected chi connectivity index (χ4v) is 3.35. The van der Waals surface area contributed by atoms with Crippen LogP contribution in [0.2, 0.25) is 0 Å². The second kappa shape index (κ2) is 7.89. The molecule has 18 heavy (non-hydrogen) atoms. The maximum absolute atomic E-state index is 4.13. The minimum absolute atomic E-state index is 0. The molecule has 1 atom stereocenters. The second-order valence-electron chi connectivity index (χ2n) is 4.01. The zero-order valence-corrected chi connectivity index (χ0v) is 13.9. The number of aliphatic imine (C=N–C) groups is 1. The summed E-state index contributed by atoms with van der Waals surface area (Å²) in [6.45, 7) is 0.926. The van der Waals surface area contributed by atoms with Crippen LogP contribution in [0.3, 0.4) is 0 Å². The third-order valence-corrected chi connectivity index (χ3v) is 4.27. The normalized spacial score (nSPS) is 18.6. The van der Waals surface area contributed by atoms with Crippen LogP contribution in [0.1, 0.15) is 16.4 Å². The van der Waals surface area contributed by atoms with Crippen molar-refractivity contribution in [3.8, 4) is 0 Å². The molecule has 1 aromatic carbocycles. The minimum atomic E-state index is 0. The van der Waals surface area contributed by atoms with E-state index < -0.39 is 0 Å². The van der Waals surface area contributed by atoms with E-state index in [0.717, 1.165) is 12.5 Å². The maximum atomic E-state index is 4.13. The van der Waals surface area contributed by atoms with Crippen LogP contribution in [0.15, 0.2) is 29.3 Å². The van der Waals surface area contributed by atoms with Crippen LogP contribution in [0.25, 0.3) is 0 Å². The summed E-state index contributed by atoms with van der Waals surface area (Å²) in [6.07, 6.45) is 1.19. The van der Waals surface area contributed by atoms with Gasteiger partial charge >= 0.3 is 0 Å². The highest BCUT2D eigenvalue weighted by Gasteiger charge is 2.20. The van der Waals surface area contributed by atoms with Crippen LogP contribution in [-0.2, 0) is 6.42 Å². The number of nitrogens with one attached hydrogen (secondary N) is 2. The predicted molar refractivity (Wildman–Crippen MR) is 91.2 cm³/mol. The summed E-state index contributed by atoms with van der Waals surface area (Å²) in [6, 6.07) is 8.75. The smallest absolute Gasteiger partial charge is 0.190 e. The number of hydrogen-bond acceptors (Lipinski definition) is 2. The lowest BCUT2D eigenvalue weighted by atomic mass is 10.0. The molecule has 0 fully saturated rings. The molecule has 1 aromatic rings. The number of nitrogens with zero attached hydrogens (tertiary/aromatic N) is 1. The van der Waals surface area contributed by atoms with Gasteiger partial charge in [-0.25, -0.2) is 0 Å². The fraction of sp³-hybridized carbons (Fsp3) is 0.462. The van der Waals surface area contributed by atoms with Gasteiger partial charge in [0, 0.05) is 25.9 Å². The third-order valence-electron chi connectivity index (χ3n) is 3.01. The highest BCUT2D eigenvalue weighted by atomic mass is 127. The van der Waals surface area contributed by atoms with Gasteiger partial charge in [-0.05, 0) is 23.3 Å². The minimum Gasteiger partial charge on any atom is -0.359 e. The largest absolute Gasteiger partial charge is 0.359 e. The van der Waals surface area contributed by atoms with E-state index >= 15 is 0 Å². The molecule has 0 bridgehead atoms. The Labute approximate surface area is 130 Å². The van der Waals surface area contributed by atoms with Crippen molar-refractivity contribution in [3.05, 3.63) is 35.4 Å². The van der Waals surface area contributed by atoms with Gasteiger partial charge in [-0.15, -0.1) is 24.0 Å². The van der Waals surface area contributed by atoms with Gasteiger partial charge in [-0.3, -0.25) is 4.99 Å². The molecule has 1 heterocycles. The van der Waals surface area contributed by atoms with E-state index in [9.17, 15) is 0 Å². The highest BCUT2D eigenvalue weighted by Crippen LogP contribution is 2.35. The molecule has 1 aliphatic rings. The monoisotopic (exact) mass is 377 g/mol. The second-order valence-corrected chi connectivity index (χ2v) is 5.32. The molecule has 1 unspecified atom stereocenters. The summed E-state index contributed by atoms with van der Waals surface area (Å²) in [7, 11) is 3.68. The van der Waals surface area contributed by atoms with E-state index in [2.05, 4.69) is 39.9 Å². The molecule has 0 radical (unpaired) electrons. The Bertz CT molecular complexity index is 409. The lowest BCUT2D eigenvalue weighted by molar-refractivity contribution is 0.801. The van der Waals surface area contributed by atoms with E-state index in [4.69, 9.17) is 0 Å². The summed E-state index contributed by atoms with van der Waals surface area (Å²) in [4.78, 5) is 4.13. The molecule has 5 heteroatoms. The average molecular weight is 377 g/mol. The maximum Gasteiger partial charge on any atom is 0.190 e. The summed E-state index contributed by atoms with van der Waals surface area (Å²) >= 11 is 2.02. The molecule has 100 valence electrons. The van der Waals surface area contributed by atoms with Crippen LogP contribution in [0.5, 0.6) is 0 Å². The number of thioether (sulfide) groups is 1. The van der Waals surface area contributed by atoms with E-state index in [1.807, 2.05) is 18.8 Å². The molecular weight excluding hydrogens is 357 g/mol. The molecule has 2 rings (SSSR count). The van der Waals surface area contributed by atoms with Gasteiger partial charge in [0.1, 0.15) is 0 Å². The lowest BCUT2D eigenvalue weighted by Crippen LogP contribution is -2.37. The zero-order chi connectivity index (χ0) is 12.1. The SMILES string of the molecule is CN=C(NC)NCC1SCCc2ccccc21.I. The molecule has 0 saturated heterocycles. The van der Waals surface area contributed by atoms with Gasteiger partial charge in [-0.1, -0.05) is 24.3 Å². The predicted octanol–water partition coefficient (Wildman–Crippen LogP) is 2.43. The van der Waals surface area contributed by atoms with E-state index in [1.54, 1.807) is 7.05 Å². The van der Waals surface area contributed by atoms with Gasteiger partial charge in [0.15, 0.2) is 5.96 Å². The van der Waals surface area contributed by atoms with Crippen molar-refractivity contribution in [3.63, 3.8) is 0 Å². The molecule has 0 aromatic heterocycles. The first-order valence-electron chi connectivity index (χ1n) is 5.93. The van der Waals surface area contributed by atoms with Crippen LogP contribution in [0, 0.1) is 0 Å². The first-order valence-corrected chi connectivity index (χ1v) is 6.98. The first kappa shape index (κ1) is 15.6. The summed E-state index contributed by atoms with van der Waals surface area (Å²) in [5, 5.41) is 6.93. The molecular formula is C13H20IN3S. The Morgan fingerprint density at radius 3 is 2.94 bits per heavy atom. The van der Waals surface area contributed by atoms with E-state index in [0.29, 0.717) is 5.25 Å². The Hall–Kier alpha value is -0.430. The average Bonchev–Trinajstić information content (AvgIpc) is 2.40. The number of aryl methyl sites for hydroxylation is 1. The molecule has 0 spiro atoms. The van der Waals surface area contributed by atoms with Crippen LogP contribution in [-0.4, -0.2) is 32.4 Å². The van der Waals surface area contributed by atoms with Crippen molar-refractivity contribution in [2.45, 2.75) is 11.7 Å². The molecule has 0 aliphatic carbocycles. The Kier molecular flexibility index (Phi) is 6.85. The summed E-state index contributed by atoms with van der Waals surface area (Å²) in [5.41, 5.74) is 2.97. The number of guanidine groups is 1. The van der Waals surface area contributed by atoms with Gasteiger partial charge in [0.25, 0.3) is 0 Å². The molecule has 0 saturated carbocycles. The first-order chi connectivity index (χ1) is 8.35. The molecule has 2 N–H and O–H groups in total. The van der Waals surface area contributed by atoms with Crippen molar-refractivity contribution >= 4 is 41.7 Å². The zero-order valence-electron chi connectivity index (χ0n) is 10.8. The number of rotatable bonds is 2. The Morgan fingerprint density at radius 2 is 2.22 bits per heavy atom. The van der Waals surface area contributed by atoms with Crippen LogP contribution >= 0.6 is 35.7 Å². The topological polar surface area (TPSA) is 36.4 Å². The lowest BCUT2D eigenvalue weighted by Gasteiger charge is -2.25. The summed E-state index contributed by atoms with van der Waals surface area (Å²) in [5.74, 6) is 2.07.